The van der Waals surface area contributed by atoms with Gasteiger partial charge in [0, 0.05) is 28.1 Å². The molecular weight excluding hydrogens is 421 g/mol. The Morgan fingerprint density at radius 1 is 1.19 bits per heavy atom. The highest BCUT2D eigenvalue weighted by atomic mass is 32.1. The number of rotatable bonds is 5. The number of nitrogens with one attached hydrogen (secondary N) is 1. The number of amides is 1. The van der Waals surface area contributed by atoms with E-state index in [9.17, 15) is 19.3 Å². The number of nitro benzene ring substituents is 1. The molecule has 4 aromatic rings. The monoisotopic (exact) mass is 437 g/mol. The molecule has 2 aromatic heterocycles. The third-order valence-electron chi connectivity index (χ3n) is 4.67. The topological polar surface area (TPSA) is 103 Å². The lowest BCUT2D eigenvalue weighted by Gasteiger charge is -2.09. The van der Waals surface area contributed by atoms with Crippen LogP contribution < -0.4 is 5.32 Å². The molecule has 156 valence electrons. The molecule has 0 fully saturated rings. The van der Waals surface area contributed by atoms with Gasteiger partial charge < -0.3 is 5.32 Å². The van der Waals surface area contributed by atoms with Gasteiger partial charge in [-0.1, -0.05) is 6.07 Å². The van der Waals surface area contributed by atoms with Crippen LogP contribution in [0.25, 0.3) is 16.4 Å². The smallest absolute Gasteiger partial charge is 0.273 e. The third kappa shape index (κ3) is 4.05. The first-order valence-corrected chi connectivity index (χ1v) is 10.0. The second-order valence-corrected chi connectivity index (χ2v) is 7.60. The number of carbonyl (C=O) groups excluding carboxylic acids is 1. The van der Waals surface area contributed by atoms with E-state index in [2.05, 4.69) is 15.3 Å². The van der Waals surface area contributed by atoms with Crippen molar-refractivity contribution in [3.05, 3.63) is 86.9 Å². The maximum atomic E-state index is 13.2. The number of benzene rings is 2. The van der Waals surface area contributed by atoms with Gasteiger partial charge >= 0.3 is 0 Å². The standard InChI is InChI=1S/C21H16FN5O3S/c1-12-3-4-15(9-18(12)27(29)30)20(28)25-19-10-23-13(2)26(19)21-24-17(11-31-21)14-5-7-16(22)8-6-14/h3-11H,1-2H3,(H,25,28). The van der Waals surface area contributed by atoms with Crippen LogP contribution in [-0.2, 0) is 0 Å². The minimum atomic E-state index is -0.521. The van der Waals surface area contributed by atoms with Gasteiger partial charge in [0.25, 0.3) is 11.6 Å². The first-order valence-electron chi connectivity index (χ1n) is 9.16. The van der Waals surface area contributed by atoms with E-state index in [0.29, 0.717) is 28.0 Å². The molecular formula is C21H16FN5O3S. The number of anilines is 1. The van der Waals surface area contributed by atoms with Crippen molar-refractivity contribution in [2.24, 2.45) is 0 Å². The van der Waals surface area contributed by atoms with Crippen LogP contribution in [0.5, 0.6) is 0 Å². The molecule has 10 heteroatoms. The normalized spacial score (nSPS) is 10.8. The number of carbonyl (C=O) groups is 1. The van der Waals surface area contributed by atoms with Gasteiger partial charge in [-0.3, -0.25) is 19.5 Å². The molecule has 0 saturated carbocycles. The number of nitro groups is 1. The highest BCUT2D eigenvalue weighted by Crippen LogP contribution is 2.28. The summed E-state index contributed by atoms with van der Waals surface area (Å²) in [5, 5.41) is 16.3. The fourth-order valence-corrected chi connectivity index (χ4v) is 3.92. The number of aromatic nitrogens is 3. The molecule has 8 nitrogen and oxygen atoms in total. The highest BCUT2D eigenvalue weighted by molar-refractivity contribution is 7.12. The van der Waals surface area contributed by atoms with Gasteiger partial charge in [-0.15, -0.1) is 11.3 Å². The molecule has 0 bridgehead atoms. The zero-order valence-electron chi connectivity index (χ0n) is 16.5. The average molecular weight is 437 g/mol. The number of halogens is 1. The lowest BCUT2D eigenvalue weighted by atomic mass is 10.1. The van der Waals surface area contributed by atoms with Crippen LogP contribution >= 0.6 is 11.3 Å². The van der Waals surface area contributed by atoms with Crippen molar-refractivity contribution >= 4 is 28.7 Å². The van der Waals surface area contributed by atoms with Crippen LogP contribution in [0.2, 0.25) is 0 Å². The minimum absolute atomic E-state index is 0.124. The van der Waals surface area contributed by atoms with E-state index in [1.54, 1.807) is 30.5 Å². The highest BCUT2D eigenvalue weighted by Gasteiger charge is 2.19. The zero-order chi connectivity index (χ0) is 22.1. The van der Waals surface area contributed by atoms with Gasteiger partial charge in [0.15, 0.2) is 5.13 Å². The van der Waals surface area contributed by atoms with Crippen molar-refractivity contribution in [2.75, 3.05) is 5.32 Å². The Morgan fingerprint density at radius 2 is 1.94 bits per heavy atom. The van der Waals surface area contributed by atoms with E-state index in [-0.39, 0.29) is 17.1 Å². The Bertz CT molecular complexity index is 1300. The van der Waals surface area contributed by atoms with Gasteiger partial charge in [-0.05, 0) is 44.2 Å². The molecule has 31 heavy (non-hydrogen) atoms. The molecule has 0 aliphatic rings. The molecule has 0 unspecified atom stereocenters. The number of nitrogens with zero attached hydrogens (tertiary/aromatic N) is 4. The van der Waals surface area contributed by atoms with Crippen molar-refractivity contribution in [3.8, 4) is 16.4 Å². The second kappa shape index (κ2) is 8.07. The van der Waals surface area contributed by atoms with Crippen LogP contribution in [0.15, 0.2) is 54.0 Å². The molecule has 2 aromatic carbocycles. The van der Waals surface area contributed by atoms with E-state index in [0.717, 1.165) is 5.56 Å². The fourth-order valence-electron chi connectivity index (χ4n) is 3.03. The van der Waals surface area contributed by atoms with Gasteiger partial charge in [0.05, 0.1) is 16.8 Å². The lowest BCUT2D eigenvalue weighted by Crippen LogP contribution is -2.15. The first-order chi connectivity index (χ1) is 14.8. The van der Waals surface area contributed by atoms with Gasteiger partial charge in [-0.2, -0.15) is 0 Å². The predicted molar refractivity (Wildman–Crippen MR) is 115 cm³/mol. The summed E-state index contributed by atoms with van der Waals surface area (Å²) in [5.41, 5.74) is 1.94. The average Bonchev–Trinajstić information content (AvgIpc) is 3.35. The summed E-state index contributed by atoms with van der Waals surface area (Å²) in [6.07, 6.45) is 1.49. The molecule has 1 N–H and O–H groups in total. The largest absolute Gasteiger partial charge is 0.306 e. The van der Waals surface area contributed by atoms with Gasteiger partial charge in [0.1, 0.15) is 17.5 Å². The molecule has 0 radical (unpaired) electrons. The number of aryl methyl sites for hydroxylation is 2. The molecule has 0 spiro atoms. The van der Waals surface area contributed by atoms with Crippen LogP contribution in [0.4, 0.5) is 15.9 Å². The van der Waals surface area contributed by atoms with E-state index in [4.69, 9.17) is 0 Å². The van der Waals surface area contributed by atoms with Crippen molar-refractivity contribution < 1.29 is 14.1 Å². The van der Waals surface area contributed by atoms with Crippen molar-refractivity contribution in [1.29, 1.82) is 0 Å². The fraction of sp³-hybridized carbons (Fsp3) is 0.0952. The Balaban J connectivity index is 1.63. The van der Waals surface area contributed by atoms with Crippen LogP contribution in [0, 0.1) is 29.8 Å². The molecule has 0 saturated heterocycles. The first kappa shape index (κ1) is 20.4. The Kier molecular flexibility index (Phi) is 5.30. The summed E-state index contributed by atoms with van der Waals surface area (Å²) in [6.45, 7) is 3.38. The molecule has 2 heterocycles. The predicted octanol–water partition coefficient (Wildman–Crippen LogP) is 4.91. The third-order valence-corrected chi connectivity index (χ3v) is 5.50. The summed E-state index contributed by atoms with van der Waals surface area (Å²) in [5.74, 6) is 0.154. The number of imidazole rings is 1. The zero-order valence-corrected chi connectivity index (χ0v) is 17.3. The molecule has 1 amide bonds. The van der Waals surface area contributed by atoms with E-state index >= 15 is 0 Å². The van der Waals surface area contributed by atoms with Gasteiger partial charge in [-0.25, -0.2) is 14.4 Å². The second-order valence-electron chi connectivity index (χ2n) is 6.76. The molecule has 0 aliphatic carbocycles. The number of thiazole rings is 1. The number of hydrogen-bond acceptors (Lipinski definition) is 6. The minimum Gasteiger partial charge on any atom is -0.306 e. The van der Waals surface area contributed by atoms with Crippen molar-refractivity contribution in [3.63, 3.8) is 0 Å². The van der Waals surface area contributed by atoms with Crippen LogP contribution in [0.3, 0.4) is 0 Å². The van der Waals surface area contributed by atoms with Crippen molar-refractivity contribution in [2.45, 2.75) is 13.8 Å². The summed E-state index contributed by atoms with van der Waals surface area (Å²) < 4.78 is 14.9. The Morgan fingerprint density at radius 3 is 2.65 bits per heavy atom. The van der Waals surface area contributed by atoms with Crippen LogP contribution in [-0.4, -0.2) is 25.4 Å². The van der Waals surface area contributed by atoms with Crippen molar-refractivity contribution in [1.82, 2.24) is 14.5 Å². The summed E-state index contributed by atoms with van der Waals surface area (Å²) in [7, 11) is 0. The molecule has 0 aliphatic heterocycles. The SMILES string of the molecule is Cc1ccc(C(=O)Nc2cnc(C)n2-c2nc(-c3ccc(F)cc3)cs2)cc1[N+](=O)[O-]. The maximum absolute atomic E-state index is 13.2. The summed E-state index contributed by atoms with van der Waals surface area (Å²) >= 11 is 1.34. The van der Waals surface area contributed by atoms with E-state index < -0.39 is 10.8 Å². The molecule has 4 rings (SSSR count). The quantitative estimate of drug-likeness (QED) is 0.353. The van der Waals surface area contributed by atoms with Crippen LogP contribution in [0.1, 0.15) is 21.7 Å². The van der Waals surface area contributed by atoms with E-state index in [1.165, 1.54) is 47.9 Å². The summed E-state index contributed by atoms with van der Waals surface area (Å²) in [4.78, 5) is 32.2. The Labute approximate surface area is 180 Å². The number of hydrogen-bond donors (Lipinski definition) is 1. The molecule has 0 atom stereocenters. The van der Waals surface area contributed by atoms with Gasteiger partial charge in [0.2, 0.25) is 0 Å². The van der Waals surface area contributed by atoms with E-state index in [1.807, 2.05) is 5.38 Å². The maximum Gasteiger partial charge on any atom is 0.273 e. The Hall–Kier alpha value is -3.92. The lowest BCUT2D eigenvalue weighted by molar-refractivity contribution is -0.385. The summed E-state index contributed by atoms with van der Waals surface area (Å²) in [6, 6.07) is 10.3.